The summed E-state index contributed by atoms with van der Waals surface area (Å²) in [5.74, 6) is 1.38. The van der Waals surface area contributed by atoms with Crippen LogP contribution < -0.4 is 15.0 Å². The minimum absolute atomic E-state index is 0.126. The lowest BCUT2D eigenvalue weighted by Crippen LogP contribution is -2.40. The van der Waals surface area contributed by atoms with Gasteiger partial charge in [0.25, 0.3) is 0 Å². The topological polar surface area (TPSA) is 80.1 Å². The number of benzene rings is 3. The molecule has 41 heavy (non-hydrogen) atoms. The van der Waals surface area contributed by atoms with Crippen molar-refractivity contribution in [3.63, 3.8) is 0 Å². The first-order valence-electron chi connectivity index (χ1n) is 14.0. The summed E-state index contributed by atoms with van der Waals surface area (Å²) in [4.78, 5) is 21.2. The number of hydrogen-bond donors (Lipinski definition) is 1. The third kappa shape index (κ3) is 7.71. The Hall–Kier alpha value is -3.75. The number of carbonyl (C=O) groups is 1. The van der Waals surface area contributed by atoms with Crippen molar-refractivity contribution >= 4 is 40.2 Å². The van der Waals surface area contributed by atoms with Gasteiger partial charge in [0.1, 0.15) is 16.9 Å². The molecule has 0 bridgehead atoms. The minimum Gasteiger partial charge on any atom is -0.494 e. The number of anilines is 2. The largest absolute Gasteiger partial charge is 0.494 e. The summed E-state index contributed by atoms with van der Waals surface area (Å²) < 4.78 is 17.4. The van der Waals surface area contributed by atoms with E-state index in [1.165, 1.54) is 0 Å². The van der Waals surface area contributed by atoms with Crippen molar-refractivity contribution in [2.45, 2.75) is 45.3 Å². The van der Waals surface area contributed by atoms with E-state index in [0.29, 0.717) is 17.5 Å². The molecular weight excluding hydrogens is 540 g/mol. The molecule has 1 aliphatic rings. The van der Waals surface area contributed by atoms with Crippen LogP contribution in [0.5, 0.6) is 5.75 Å². The molecule has 1 amide bonds. The summed E-state index contributed by atoms with van der Waals surface area (Å²) in [7, 11) is 2.01. The lowest BCUT2D eigenvalue weighted by Gasteiger charge is -2.22. The van der Waals surface area contributed by atoms with Gasteiger partial charge in [0.05, 0.1) is 6.61 Å². The highest BCUT2D eigenvalue weighted by atomic mass is 35.5. The van der Waals surface area contributed by atoms with Crippen molar-refractivity contribution in [2.24, 2.45) is 0 Å². The molecule has 0 saturated carbocycles. The highest BCUT2D eigenvalue weighted by Gasteiger charge is 2.25. The molecular formula is C32H37ClN4O4. The summed E-state index contributed by atoms with van der Waals surface area (Å²) in [6.45, 7) is 8.94. The Bertz CT molecular complexity index is 1460. The van der Waals surface area contributed by atoms with Crippen LogP contribution in [0.3, 0.4) is 0 Å². The average molecular weight is 577 g/mol. The van der Waals surface area contributed by atoms with E-state index in [0.717, 1.165) is 66.3 Å². The zero-order chi connectivity index (χ0) is 29.0. The zero-order valence-electron chi connectivity index (χ0n) is 24.0. The second-order valence-electron chi connectivity index (χ2n) is 11.4. The number of alkyl carbamates (subject to hydrolysis) is 1. The minimum atomic E-state index is -0.485. The maximum atomic E-state index is 12.0. The number of amides is 1. The van der Waals surface area contributed by atoms with Crippen molar-refractivity contribution in [3.05, 3.63) is 71.8 Å². The quantitative estimate of drug-likeness (QED) is 0.210. The fraction of sp³-hybridized carbons (Fsp3) is 0.375. The smallest absolute Gasteiger partial charge is 0.407 e. The molecule has 0 spiro atoms. The zero-order valence-corrected chi connectivity index (χ0v) is 24.8. The lowest BCUT2D eigenvalue weighted by molar-refractivity contribution is 0.0505. The number of carbonyl (C=O) groups excluding carboxylic acids is 1. The van der Waals surface area contributed by atoms with E-state index in [1.807, 2.05) is 94.5 Å². The van der Waals surface area contributed by atoms with Crippen molar-refractivity contribution in [1.82, 2.24) is 15.2 Å². The number of oxazole rings is 1. The van der Waals surface area contributed by atoms with Gasteiger partial charge in [-0.3, -0.25) is 0 Å². The summed E-state index contributed by atoms with van der Waals surface area (Å²) in [5, 5.41) is 3.68. The molecule has 0 radical (unpaired) electrons. The Morgan fingerprint density at radius 1 is 1.10 bits per heavy atom. The first kappa shape index (κ1) is 28.8. The fourth-order valence-corrected chi connectivity index (χ4v) is 4.99. The highest BCUT2D eigenvalue weighted by molar-refractivity contribution is 6.30. The molecule has 1 aliphatic heterocycles. The number of likely N-dealkylation sites (tertiary alicyclic amines) is 1. The van der Waals surface area contributed by atoms with Crippen molar-refractivity contribution in [2.75, 3.05) is 38.2 Å². The number of hydrogen-bond acceptors (Lipinski definition) is 7. The monoisotopic (exact) mass is 576 g/mol. The number of nitrogens with zero attached hydrogens (tertiary/aromatic N) is 3. The number of aromatic nitrogens is 1. The lowest BCUT2D eigenvalue weighted by atomic mass is 10.2. The van der Waals surface area contributed by atoms with Gasteiger partial charge in [-0.1, -0.05) is 11.6 Å². The predicted molar refractivity (Wildman–Crippen MR) is 163 cm³/mol. The predicted octanol–water partition coefficient (Wildman–Crippen LogP) is 7.28. The molecule has 1 saturated heterocycles. The average Bonchev–Trinajstić information content (AvgIpc) is 3.56. The Balaban J connectivity index is 1.09. The van der Waals surface area contributed by atoms with Gasteiger partial charge in [0.2, 0.25) is 5.89 Å². The third-order valence-corrected chi connectivity index (χ3v) is 7.21. The van der Waals surface area contributed by atoms with Gasteiger partial charge in [-0.2, -0.15) is 0 Å². The first-order chi connectivity index (χ1) is 19.6. The normalized spacial score (nSPS) is 15.7. The van der Waals surface area contributed by atoms with E-state index in [2.05, 4.69) is 15.1 Å². The second-order valence-corrected chi connectivity index (χ2v) is 11.8. The molecule has 4 aromatic rings. The van der Waals surface area contributed by atoms with E-state index in [1.54, 1.807) is 0 Å². The standard InChI is InChI=1S/C32H37ClN4O4/c1-32(2,3)41-31(38)34-24-16-18-37(21-24)17-5-19-39-27-13-6-22(7-14-27)30-35-28-20-26(12-15-29(28)40-30)36(4)25-10-8-23(33)9-11-25/h6-15,20,24H,5,16-19,21H2,1-4H3,(H,34,38)/t24-/m0/s1. The molecule has 8 nitrogen and oxygen atoms in total. The number of ether oxygens (including phenoxy) is 2. The SMILES string of the molecule is CN(c1ccc(Cl)cc1)c1ccc2oc(-c3ccc(OCCCN4CC[C@H](NC(=O)OC(C)(C)C)C4)cc3)nc2c1. The number of nitrogens with one attached hydrogen (secondary N) is 1. The molecule has 9 heteroatoms. The Morgan fingerprint density at radius 2 is 1.83 bits per heavy atom. The van der Waals surface area contributed by atoms with E-state index < -0.39 is 5.60 Å². The maximum absolute atomic E-state index is 12.0. The van der Waals surface area contributed by atoms with Gasteiger partial charge < -0.3 is 29.0 Å². The Kier molecular flexibility index (Phi) is 8.71. The van der Waals surface area contributed by atoms with Crippen LogP contribution in [-0.4, -0.2) is 60.9 Å². The van der Waals surface area contributed by atoms with E-state index in [9.17, 15) is 4.79 Å². The molecule has 1 N–H and O–H groups in total. The highest BCUT2D eigenvalue weighted by Crippen LogP contribution is 2.31. The van der Waals surface area contributed by atoms with Crippen LogP contribution in [0, 0.1) is 0 Å². The molecule has 1 aromatic heterocycles. The van der Waals surface area contributed by atoms with Crippen LogP contribution in [0.15, 0.2) is 71.1 Å². The Labute approximate surface area is 246 Å². The first-order valence-corrected chi connectivity index (χ1v) is 14.4. The van der Waals surface area contributed by atoms with E-state index in [-0.39, 0.29) is 12.1 Å². The Morgan fingerprint density at radius 3 is 2.56 bits per heavy atom. The van der Waals surface area contributed by atoms with Crippen molar-refractivity contribution < 1.29 is 18.7 Å². The van der Waals surface area contributed by atoms with Crippen LogP contribution in [-0.2, 0) is 4.74 Å². The molecule has 1 fully saturated rings. The molecule has 216 valence electrons. The maximum Gasteiger partial charge on any atom is 0.407 e. The van der Waals surface area contributed by atoms with Crippen LogP contribution in [0.1, 0.15) is 33.6 Å². The van der Waals surface area contributed by atoms with Gasteiger partial charge in [0.15, 0.2) is 5.58 Å². The summed E-state index contributed by atoms with van der Waals surface area (Å²) >= 11 is 6.03. The van der Waals surface area contributed by atoms with Crippen LogP contribution in [0.4, 0.5) is 16.2 Å². The summed E-state index contributed by atoms with van der Waals surface area (Å²) in [6.07, 6.45) is 1.48. The third-order valence-electron chi connectivity index (χ3n) is 6.95. The number of halogens is 1. The van der Waals surface area contributed by atoms with Gasteiger partial charge >= 0.3 is 6.09 Å². The molecule has 0 aliphatic carbocycles. The van der Waals surface area contributed by atoms with Gasteiger partial charge in [-0.25, -0.2) is 9.78 Å². The second kappa shape index (κ2) is 12.4. The van der Waals surface area contributed by atoms with Crippen LogP contribution in [0.25, 0.3) is 22.6 Å². The summed E-state index contributed by atoms with van der Waals surface area (Å²) in [6, 6.07) is 21.7. The van der Waals surface area contributed by atoms with Crippen molar-refractivity contribution in [3.8, 4) is 17.2 Å². The van der Waals surface area contributed by atoms with Crippen LogP contribution in [0.2, 0.25) is 5.02 Å². The summed E-state index contributed by atoms with van der Waals surface area (Å²) in [5.41, 5.74) is 3.98. The number of fused-ring (bicyclic) bond motifs is 1. The van der Waals surface area contributed by atoms with Gasteiger partial charge in [0, 0.05) is 54.7 Å². The van der Waals surface area contributed by atoms with Gasteiger partial charge in [-0.15, -0.1) is 0 Å². The molecule has 5 rings (SSSR count). The molecule has 0 unspecified atom stereocenters. The number of rotatable bonds is 9. The molecule has 3 aromatic carbocycles. The van der Waals surface area contributed by atoms with Crippen molar-refractivity contribution in [1.29, 1.82) is 0 Å². The fourth-order valence-electron chi connectivity index (χ4n) is 4.86. The molecule has 2 heterocycles. The van der Waals surface area contributed by atoms with Gasteiger partial charge in [-0.05, 0) is 100 Å². The van der Waals surface area contributed by atoms with E-state index >= 15 is 0 Å². The molecule has 1 atom stereocenters. The van der Waals surface area contributed by atoms with E-state index in [4.69, 9.17) is 30.5 Å². The van der Waals surface area contributed by atoms with Crippen LogP contribution >= 0.6 is 11.6 Å².